The molecular formula is C26H25F3N2O5S. The highest BCUT2D eigenvalue weighted by Crippen LogP contribution is 2.50. The fourth-order valence-corrected chi connectivity index (χ4v) is 5.93. The van der Waals surface area contributed by atoms with E-state index in [0.717, 1.165) is 30.2 Å². The summed E-state index contributed by atoms with van der Waals surface area (Å²) in [5, 5.41) is 0. The second kappa shape index (κ2) is 10.0. The van der Waals surface area contributed by atoms with Crippen LogP contribution in [0.3, 0.4) is 0 Å². The molecule has 1 atom stereocenters. The highest BCUT2D eigenvalue weighted by atomic mass is 32.2. The summed E-state index contributed by atoms with van der Waals surface area (Å²) in [6.07, 6.45) is 4.81. The van der Waals surface area contributed by atoms with E-state index in [1.54, 1.807) is 22.8 Å². The molecule has 4 rings (SSSR count). The molecule has 0 saturated carbocycles. The van der Waals surface area contributed by atoms with Gasteiger partial charge in [0.05, 0.1) is 13.7 Å². The lowest BCUT2D eigenvalue weighted by Crippen LogP contribution is -2.30. The van der Waals surface area contributed by atoms with Gasteiger partial charge in [-0.3, -0.25) is 9.59 Å². The van der Waals surface area contributed by atoms with Crippen molar-refractivity contribution >= 4 is 21.8 Å². The number of fused-ring (bicyclic) bond motifs is 1. The fraction of sp³-hybridized carbons (Fsp3) is 0.308. The van der Waals surface area contributed by atoms with Crippen molar-refractivity contribution in [1.82, 2.24) is 9.62 Å². The molecule has 1 aliphatic carbocycles. The maximum atomic E-state index is 13.9. The third kappa shape index (κ3) is 5.41. The van der Waals surface area contributed by atoms with Crippen LogP contribution in [0.5, 0.6) is 5.75 Å². The molecule has 2 aromatic rings. The number of methoxy groups -OCH3 is 1. The van der Waals surface area contributed by atoms with E-state index in [1.807, 2.05) is 25.1 Å². The lowest BCUT2D eigenvalue weighted by Gasteiger charge is -2.34. The third-order valence-corrected chi connectivity index (χ3v) is 7.93. The van der Waals surface area contributed by atoms with Crippen molar-refractivity contribution in [3.05, 3.63) is 82.8 Å². The molecule has 11 heteroatoms. The number of rotatable bonds is 7. The van der Waals surface area contributed by atoms with E-state index in [4.69, 9.17) is 4.74 Å². The van der Waals surface area contributed by atoms with Crippen LogP contribution in [0, 0.1) is 22.9 Å². The molecule has 0 bridgehead atoms. The molecular weight excluding hydrogens is 509 g/mol. The van der Waals surface area contributed by atoms with Crippen LogP contribution in [0.1, 0.15) is 38.2 Å². The average molecular weight is 535 g/mol. The van der Waals surface area contributed by atoms with Crippen molar-refractivity contribution < 1.29 is 35.9 Å². The molecule has 7 nitrogen and oxygen atoms in total. The lowest BCUT2D eigenvalue weighted by molar-refractivity contribution is -0.127. The number of sulfonamides is 1. The number of hydrogen-bond donors (Lipinski definition) is 1. The van der Waals surface area contributed by atoms with Gasteiger partial charge in [-0.2, -0.15) is 0 Å². The van der Waals surface area contributed by atoms with Gasteiger partial charge in [-0.15, -0.1) is 0 Å². The Morgan fingerprint density at radius 3 is 2.62 bits per heavy atom. The highest BCUT2D eigenvalue weighted by molar-refractivity contribution is 7.90. The van der Waals surface area contributed by atoms with Gasteiger partial charge >= 0.3 is 0 Å². The monoisotopic (exact) mass is 534 g/mol. The van der Waals surface area contributed by atoms with Crippen LogP contribution in [-0.4, -0.2) is 32.2 Å². The maximum absolute atomic E-state index is 13.9. The summed E-state index contributed by atoms with van der Waals surface area (Å²) in [4.78, 5) is 25.9. The molecule has 1 N–H and O–H groups in total. The molecule has 37 heavy (non-hydrogen) atoms. The van der Waals surface area contributed by atoms with Gasteiger partial charge in [0.1, 0.15) is 16.5 Å². The molecule has 2 aromatic carbocycles. The number of ether oxygens (including phenoxy) is 1. The van der Waals surface area contributed by atoms with Gasteiger partial charge in [0.15, 0.2) is 11.6 Å². The largest absolute Gasteiger partial charge is 0.497 e. The Morgan fingerprint density at radius 1 is 1.16 bits per heavy atom. The molecule has 0 spiro atoms. The predicted octanol–water partition coefficient (Wildman–Crippen LogP) is 4.35. The van der Waals surface area contributed by atoms with Crippen molar-refractivity contribution in [2.24, 2.45) is 5.41 Å². The number of halogens is 3. The number of likely N-dealkylation sites (tertiary alicyclic amines) is 1. The van der Waals surface area contributed by atoms with E-state index in [2.05, 4.69) is 0 Å². The second-order valence-electron chi connectivity index (χ2n) is 9.30. The summed E-state index contributed by atoms with van der Waals surface area (Å²) in [5.41, 5.74) is 1.89. The Balaban J connectivity index is 1.60. The standard InChI is InChI=1S/C26H25F3N2O5S/c1-26-10-4-6-17(25(26)31(24(33)14-26)15-16-5-3-7-18(11-16)36-2)8-9-23(32)30-37(34,35)22-13-20(28)19(27)12-21(22)29/h3,5,7-9,11-13H,4,6,10,14-15H2,1-2H3,(H,30,32)/b9-8+. The molecule has 1 saturated heterocycles. The van der Waals surface area contributed by atoms with Gasteiger partial charge in [0.25, 0.3) is 15.9 Å². The zero-order chi connectivity index (χ0) is 27.0. The van der Waals surface area contributed by atoms with Crippen LogP contribution in [0.2, 0.25) is 0 Å². The quantitative estimate of drug-likeness (QED) is 0.421. The molecule has 2 amide bonds. The van der Waals surface area contributed by atoms with Crippen LogP contribution >= 0.6 is 0 Å². The number of hydrogen-bond acceptors (Lipinski definition) is 5. The van der Waals surface area contributed by atoms with Gasteiger partial charge in [-0.25, -0.2) is 26.3 Å². The Bertz CT molecular complexity index is 1440. The van der Waals surface area contributed by atoms with Gasteiger partial charge in [0, 0.05) is 35.7 Å². The number of amides is 2. The van der Waals surface area contributed by atoms with Crippen molar-refractivity contribution in [2.75, 3.05) is 7.11 Å². The SMILES string of the molecule is COc1cccc(CN2C(=O)CC3(C)CCCC(/C=C/C(=O)NS(=O)(=O)c4cc(F)c(F)cc4F)=C23)c1. The first-order chi connectivity index (χ1) is 17.4. The lowest BCUT2D eigenvalue weighted by atomic mass is 9.74. The van der Waals surface area contributed by atoms with Crippen LogP contribution in [-0.2, 0) is 26.2 Å². The molecule has 0 aromatic heterocycles. The predicted molar refractivity (Wildman–Crippen MR) is 128 cm³/mol. The van der Waals surface area contributed by atoms with E-state index >= 15 is 0 Å². The average Bonchev–Trinajstić information content (AvgIpc) is 3.09. The summed E-state index contributed by atoms with van der Waals surface area (Å²) in [5.74, 6) is -5.17. The molecule has 1 heterocycles. The van der Waals surface area contributed by atoms with Gasteiger partial charge < -0.3 is 9.64 Å². The Hall–Kier alpha value is -3.60. The summed E-state index contributed by atoms with van der Waals surface area (Å²) in [6, 6.07) is 7.59. The van der Waals surface area contributed by atoms with E-state index in [9.17, 15) is 31.2 Å². The zero-order valence-corrected chi connectivity index (χ0v) is 21.0. The van der Waals surface area contributed by atoms with Crippen molar-refractivity contribution in [3.8, 4) is 5.75 Å². The smallest absolute Gasteiger partial charge is 0.267 e. The zero-order valence-electron chi connectivity index (χ0n) is 20.2. The first-order valence-electron chi connectivity index (χ1n) is 11.5. The topological polar surface area (TPSA) is 92.8 Å². The number of carbonyl (C=O) groups excluding carboxylic acids is 2. The summed E-state index contributed by atoms with van der Waals surface area (Å²) < 4.78 is 72.3. The van der Waals surface area contributed by atoms with Crippen molar-refractivity contribution in [2.45, 2.75) is 44.0 Å². The normalized spacial score (nSPS) is 19.9. The molecule has 0 radical (unpaired) electrons. The summed E-state index contributed by atoms with van der Waals surface area (Å²) >= 11 is 0. The molecule has 1 unspecified atom stereocenters. The number of allylic oxidation sites excluding steroid dienone is 3. The minimum absolute atomic E-state index is 0.0611. The Kier molecular flexibility index (Phi) is 7.18. The minimum atomic E-state index is -4.80. The molecule has 1 fully saturated rings. The van der Waals surface area contributed by atoms with Crippen LogP contribution in [0.25, 0.3) is 0 Å². The van der Waals surface area contributed by atoms with E-state index in [-0.39, 0.29) is 18.0 Å². The molecule has 196 valence electrons. The summed E-state index contributed by atoms with van der Waals surface area (Å²) in [6.45, 7) is 2.28. The molecule has 2 aliphatic rings. The first kappa shape index (κ1) is 26.5. The Morgan fingerprint density at radius 2 is 1.89 bits per heavy atom. The number of nitrogens with one attached hydrogen (secondary N) is 1. The molecule has 1 aliphatic heterocycles. The maximum Gasteiger partial charge on any atom is 0.267 e. The second-order valence-corrected chi connectivity index (χ2v) is 10.9. The van der Waals surface area contributed by atoms with Gasteiger partial charge in [-0.1, -0.05) is 25.1 Å². The van der Waals surface area contributed by atoms with E-state index in [0.29, 0.717) is 30.7 Å². The summed E-state index contributed by atoms with van der Waals surface area (Å²) in [7, 11) is -3.25. The van der Waals surface area contributed by atoms with Crippen molar-refractivity contribution in [3.63, 3.8) is 0 Å². The third-order valence-electron chi connectivity index (χ3n) is 6.57. The number of nitrogens with zero attached hydrogens (tertiary/aromatic N) is 1. The number of carbonyl (C=O) groups is 2. The van der Waals surface area contributed by atoms with E-state index < -0.39 is 43.7 Å². The van der Waals surface area contributed by atoms with Crippen LogP contribution in [0.15, 0.2) is 64.7 Å². The fourth-order valence-electron chi connectivity index (χ4n) is 4.91. The van der Waals surface area contributed by atoms with Crippen molar-refractivity contribution in [1.29, 1.82) is 0 Å². The van der Waals surface area contributed by atoms with Crippen LogP contribution < -0.4 is 9.46 Å². The number of benzene rings is 2. The van der Waals surface area contributed by atoms with Gasteiger partial charge in [0.2, 0.25) is 5.91 Å². The first-order valence-corrected chi connectivity index (χ1v) is 13.0. The minimum Gasteiger partial charge on any atom is -0.497 e. The Labute approximate surface area is 212 Å². The van der Waals surface area contributed by atoms with Crippen LogP contribution in [0.4, 0.5) is 13.2 Å². The van der Waals surface area contributed by atoms with Gasteiger partial charge in [-0.05, 0) is 42.5 Å². The van der Waals surface area contributed by atoms with E-state index in [1.165, 1.54) is 6.08 Å². The highest BCUT2D eigenvalue weighted by Gasteiger charge is 2.46.